The Bertz CT molecular complexity index is 1090. The first-order valence-corrected chi connectivity index (χ1v) is 9.82. The highest BCUT2D eigenvalue weighted by atomic mass is 19.1. The molecule has 0 bridgehead atoms. The fourth-order valence-electron chi connectivity index (χ4n) is 3.30. The number of halogens is 1. The first-order chi connectivity index (χ1) is 14.7. The van der Waals surface area contributed by atoms with E-state index in [9.17, 15) is 4.39 Å². The molecule has 152 valence electrons. The topological polar surface area (TPSA) is 52.0 Å². The highest BCUT2D eigenvalue weighted by Crippen LogP contribution is 2.26. The zero-order valence-corrected chi connectivity index (χ0v) is 16.8. The maximum absolute atomic E-state index is 14.3. The van der Waals surface area contributed by atoms with Crippen LogP contribution in [0.2, 0.25) is 0 Å². The molecule has 0 saturated carbocycles. The SMILES string of the molecule is COc1ccc(-c2nn(-c3ccccc3F)cc2CNCCc2ccncc2)cc1. The summed E-state index contributed by atoms with van der Waals surface area (Å²) in [5, 5.41) is 8.16. The first-order valence-electron chi connectivity index (χ1n) is 9.82. The third-order valence-electron chi connectivity index (χ3n) is 4.91. The van der Waals surface area contributed by atoms with Crippen LogP contribution in [-0.2, 0) is 13.0 Å². The van der Waals surface area contributed by atoms with Gasteiger partial charge in [0.1, 0.15) is 17.3 Å². The van der Waals surface area contributed by atoms with Gasteiger partial charge in [-0.05, 0) is 67.1 Å². The lowest BCUT2D eigenvalue weighted by atomic mass is 10.1. The van der Waals surface area contributed by atoms with Gasteiger partial charge in [0, 0.05) is 36.3 Å². The molecule has 5 nitrogen and oxygen atoms in total. The van der Waals surface area contributed by atoms with Crippen LogP contribution in [0, 0.1) is 5.82 Å². The van der Waals surface area contributed by atoms with E-state index in [-0.39, 0.29) is 5.82 Å². The van der Waals surface area contributed by atoms with E-state index in [1.165, 1.54) is 11.6 Å². The Hall–Kier alpha value is -3.51. The van der Waals surface area contributed by atoms with E-state index in [0.717, 1.165) is 35.5 Å². The summed E-state index contributed by atoms with van der Waals surface area (Å²) in [5.41, 5.74) is 4.43. The molecule has 0 saturated heterocycles. The summed E-state index contributed by atoms with van der Waals surface area (Å²) in [4.78, 5) is 4.05. The Balaban J connectivity index is 1.57. The van der Waals surface area contributed by atoms with Gasteiger partial charge in [0.25, 0.3) is 0 Å². The Morgan fingerprint density at radius 1 is 1.00 bits per heavy atom. The largest absolute Gasteiger partial charge is 0.497 e. The second-order valence-electron chi connectivity index (χ2n) is 6.91. The molecule has 4 aromatic rings. The smallest absolute Gasteiger partial charge is 0.148 e. The lowest BCUT2D eigenvalue weighted by Gasteiger charge is -2.06. The third-order valence-corrected chi connectivity index (χ3v) is 4.91. The lowest BCUT2D eigenvalue weighted by molar-refractivity contribution is 0.415. The molecule has 0 unspecified atom stereocenters. The average Bonchev–Trinajstić information content (AvgIpc) is 3.21. The molecule has 0 amide bonds. The molecule has 0 atom stereocenters. The van der Waals surface area contributed by atoms with Gasteiger partial charge >= 0.3 is 0 Å². The summed E-state index contributed by atoms with van der Waals surface area (Å²) in [6, 6.07) is 18.4. The zero-order chi connectivity index (χ0) is 20.8. The molecule has 0 radical (unpaired) electrons. The van der Waals surface area contributed by atoms with Gasteiger partial charge in [-0.15, -0.1) is 0 Å². The monoisotopic (exact) mass is 402 g/mol. The number of pyridine rings is 1. The normalized spacial score (nSPS) is 10.9. The molecule has 30 heavy (non-hydrogen) atoms. The number of hydrogen-bond donors (Lipinski definition) is 1. The van der Waals surface area contributed by atoms with Crippen molar-refractivity contribution in [2.24, 2.45) is 0 Å². The maximum Gasteiger partial charge on any atom is 0.148 e. The predicted molar refractivity (Wildman–Crippen MR) is 115 cm³/mol. The van der Waals surface area contributed by atoms with Gasteiger partial charge < -0.3 is 10.1 Å². The van der Waals surface area contributed by atoms with Crippen molar-refractivity contribution >= 4 is 0 Å². The van der Waals surface area contributed by atoms with Crippen LogP contribution in [0.4, 0.5) is 4.39 Å². The van der Waals surface area contributed by atoms with Crippen molar-refractivity contribution in [3.05, 3.63) is 96.2 Å². The molecule has 2 heterocycles. The molecule has 0 spiro atoms. The summed E-state index contributed by atoms with van der Waals surface area (Å²) in [6.45, 7) is 1.44. The number of hydrogen-bond acceptors (Lipinski definition) is 4. The number of ether oxygens (including phenoxy) is 1. The second kappa shape index (κ2) is 9.33. The fourth-order valence-corrected chi connectivity index (χ4v) is 3.30. The van der Waals surface area contributed by atoms with Crippen LogP contribution >= 0.6 is 0 Å². The van der Waals surface area contributed by atoms with Gasteiger partial charge in [0.05, 0.1) is 12.8 Å². The molecule has 2 aromatic carbocycles. The Kier molecular flexibility index (Phi) is 6.15. The van der Waals surface area contributed by atoms with Crippen molar-refractivity contribution in [3.8, 4) is 22.7 Å². The summed E-state index contributed by atoms with van der Waals surface area (Å²) < 4.78 is 21.2. The standard InChI is InChI=1S/C24H23FN4O/c1-30-21-8-6-19(7-9-21)24-20(16-27-15-12-18-10-13-26-14-11-18)17-29(28-24)23-5-3-2-4-22(23)25/h2-11,13-14,17,27H,12,15-16H2,1H3. The quantitative estimate of drug-likeness (QED) is 0.444. The Morgan fingerprint density at radius 2 is 1.77 bits per heavy atom. The minimum Gasteiger partial charge on any atom is -0.497 e. The van der Waals surface area contributed by atoms with Crippen LogP contribution in [0.25, 0.3) is 16.9 Å². The van der Waals surface area contributed by atoms with Gasteiger partial charge in [0.2, 0.25) is 0 Å². The molecule has 1 N–H and O–H groups in total. The van der Waals surface area contributed by atoms with Gasteiger partial charge in [-0.3, -0.25) is 4.98 Å². The minimum atomic E-state index is -0.307. The first kappa shape index (κ1) is 19.8. The van der Waals surface area contributed by atoms with Crippen LogP contribution in [0.3, 0.4) is 0 Å². The number of aromatic nitrogens is 3. The summed E-state index contributed by atoms with van der Waals surface area (Å²) in [7, 11) is 1.64. The molecule has 4 rings (SSSR count). The number of para-hydroxylation sites is 1. The van der Waals surface area contributed by atoms with Crippen LogP contribution in [-0.4, -0.2) is 28.4 Å². The second-order valence-corrected chi connectivity index (χ2v) is 6.91. The van der Waals surface area contributed by atoms with E-state index in [1.807, 2.05) is 42.6 Å². The van der Waals surface area contributed by atoms with Gasteiger partial charge in [-0.2, -0.15) is 5.10 Å². The molecule has 6 heteroatoms. The van der Waals surface area contributed by atoms with Crippen LogP contribution in [0.1, 0.15) is 11.1 Å². The van der Waals surface area contributed by atoms with E-state index in [1.54, 1.807) is 42.4 Å². The lowest BCUT2D eigenvalue weighted by Crippen LogP contribution is -2.16. The average molecular weight is 402 g/mol. The molecule has 2 aromatic heterocycles. The summed E-state index contributed by atoms with van der Waals surface area (Å²) >= 11 is 0. The number of nitrogens with zero attached hydrogens (tertiary/aromatic N) is 3. The van der Waals surface area contributed by atoms with E-state index >= 15 is 0 Å². The van der Waals surface area contributed by atoms with Crippen LogP contribution in [0.15, 0.2) is 79.3 Å². The Morgan fingerprint density at radius 3 is 2.50 bits per heavy atom. The van der Waals surface area contributed by atoms with E-state index in [0.29, 0.717) is 12.2 Å². The van der Waals surface area contributed by atoms with Gasteiger partial charge in [-0.25, -0.2) is 9.07 Å². The molecular formula is C24H23FN4O. The van der Waals surface area contributed by atoms with Crippen molar-refractivity contribution in [2.75, 3.05) is 13.7 Å². The number of rotatable bonds is 8. The molecule has 0 aliphatic carbocycles. The van der Waals surface area contributed by atoms with E-state index < -0.39 is 0 Å². The predicted octanol–water partition coefficient (Wildman–Crippen LogP) is 4.41. The molecule has 0 fully saturated rings. The highest BCUT2D eigenvalue weighted by molar-refractivity contribution is 5.64. The van der Waals surface area contributed by atoms with E-state index in [2.05, 4.69) is 10.3 Å². The van der Waals surface area contributed by atoms with Crippen molar-refractivity contribution in [3.63, 3.8) is 0 Å². The van der Waals surface area contributed by atoms with Gasteiger partial charge in [-0.1, -0.05) is 12.1 Å². The van der Waals surface area contributed by atoms with Crippen molar-refractivity contribution in [2.45, 2.75) is 13.0 Å². The summed E-state index contributed by atoms with van der Waals surface area (Å²) in [6.07, 6.45) is 6.39. The number of benzene rings is 2. The van der Waals surface area contributed by atoms with Crippen molar-refractivity contribution in [1.82, 2.24) is 20.1 Å². The Labute approximate surface area is 175 Å². The van der Waals surface area contributed by atoms with E-state index in [4.69, 9.17) is 9.84 Å². The third kappa shape index (κ3) is 4.55. The minimum absolute atomic E-state index is 0.307. The summed E-state index contributed by atoms with van der Waals surface area (Å²) in [5.74, 6) is 0.475. The van der Waals surface area contributed by atoms with Crippen LogP contribution < -0.4 is 10.1 Å². The molecule has 0 aliphatic rings. The number of methoxy groups -OCH3 is 1. The van der Waals surface area contributed by atoms with Gasteiger partial charge in [0.15, 0.2) is 0 Å². The fraction of sp³-hybridized carbons (Fsp3) is 0.167. The van der Waals surface area contributed by atoms with Crippen molar-refractivity contribution < 1.29 is 9.13 Å². The number of nitrogens with one attached hydrogen (secondary N) is 1. The molecular weight excluding hydrogens is 379 g/mol. The highest BCUT2D eigenvalue weighted by Gasteiger charge is 2.14. The van der Waals surface area contributed by atoms with Crippen LogP contribution in [0.5, 0.6) is 5.75 Å². The zero-order valence-electron chi connectivity index (χ0n) is 16.8. The van der Waals surface area contributed by atoms with Crippen molar-refractivity contribution in [1.29, 1.82) is 0 Å². The maximum atomic E-state index is 14.3. The molecule has 0 aliphatic heterocycles.